The van der Waals surface area contributed by atoms with Gasteiger partial charge in [-0.2, -0.15) is 0 Å². The molecule has 0 saturated carbocycles. The Balaban J connectivity index is 1.55. The van der Waals surface area contributed by atoms with Crippen LogP contribution in [0.3, 0.4) is 0 Å². The summed E-state index contributed by atoms with van der Waals surface area (Å²) in [5.74, 6) is 1.22. The molecule has 2 aromatic rings. The van der Waals surface area contributed by atoms with Gasteiger partial charge < -0.3 is 14.8 Å². The summed E-state index contributed by atoms with van der Waals surface area (Å²) < 4.78 is 2.00. The zero-order valence-electron chi connectivity index (χ0n) is 18.8. The molecule has 1 saturated heterocycles. The zero-order chi connectivity index (χ0) is 22.2. The van der Waals surface area contributed by atoms with E-state index in [2.05, 4.69) is 46.7 Å². The lowest BCUT2D eigenvalue weighted by atomic mass is 10.1. The Morgan fingerprint density at radius 3 is 2.65 bits per heavy atom. The number of aryl methyl sites for hydroxylation is 1. The van der Waals surface area contributed by atoms with Gasteiger partial charge in [0.1, 0.15) is 0 Å². The Morgan fingerprint density at radius 2 is 1.94 bits per heavy atom. The SMILES string of the molecule is CCc1ccc(C(C)NC(=O)CSc2nnc(CN3CCCCCC3=O)n2CC)cc1. The normalized spacial score (nSPS) is 15.6. The first-order valence-corrected chi connectivity index (χ1v) is 12.2. The molecule has 1 N–H and O–H groups in total. The van der Waals surface area contributed by atoms with Gasteiger partial charge in [0, 0.05) is 19.5 Å². The molecule has 1 fully saturated rings. The minimum Gasteiger partial charge on any atom is -0.349 e. The van der Waals surface area contributed by atoms with E-state index in [0.29, 0.717) is 19.5 Å². The van der Waals surface area contributed by atoms with Crippen molar-refractivity contribution in [1.29, 1.82) is 0 Å². The van der Waals surface area contributed by atoms with Crippen LogP contribution in [0.15, 0.2) is 29.4 Å². The molecule has 1 aromatic heterocycles. The van der Waals surface area contributed by atoms with Crippen molar-refractivity contribution in [2.24, 2.45) is 0 Å². The number of thioether (sulfide) groups is 1. The lowest BCUT2D eigenvalue weighted by molar-refractivity contribution is -0.131. The summed E-state index contributed by atoms with van der Waals surface area (Å²) in [6.45, 7) is 8.12. The van der Waals surface area contributed by atoms with E-state index in [-0.39, 0.29) is 23.6 Å². The lowest BCUT2D eigenvalue weighted by Gasteiger charge is -2.20. The Labute approximate surface area is 189 Å². The molecule has 7 nitrogen and oxygen atoms in total. The Kier molecular flexibility index (Phi) is 8.51. The van der Waals surface area contributed by atoms with E-state index in [0.717, 1.165) is 48.8 Å². The predicted octanol–water partition coefficient (Wildman–Crippen LogP) is 3.73. The van der Waals surface area contributed by atoms with Gasteiger partial charge in [-0.15, -0.1) is 10.2 Å². The van der Waals surface area contributed by atoms with Crippen LogP contribution in [0.4, 0.5) is 0 Å². The third-order valence-electron chi connectivity index (χ3n) is 5.71. The predicted molar refractivity (Wildman–Crippen MR) is 123 cm³/mol. The number of benzene rings is 1. The largest absolute Gasteiger partial charge is 0.349 e. The second kappa shape index (κ2) is 11.3. The molecule has 3 rings (SSSR count). The fourth-order valence-corrected chi connectivity index (χ4v) is 4.61. The van der Waals surface area contributed by atoms with Crippen molar-refractivity contribution in [3.05, 3.63) is 41.2 Å². The summed E-state index contributed by atoms with van der Waals surface area (Å²) in [6, 6.07) is 8.30. The van der Waals surface area contributed by atoms with Crippen LogP contribution in [0.5, 0.6) is 0 Å². The molecule has 0 spiro atoms. The molecule has 1 aliphatic rings. The minimum absolute atomic E-state index is 0.0352. The number of aromatic nitrogens is 3. The van der Waals surface area contributed by atoms with Gasteiger partial charge in [-0.25, -0.2) is 0 Å². The molecule has 168 valence electrons. The molecule has 0 aliphatic carbocycles. The van der Waals surface area contributed by atoms with Crippen LogP contribution in [-0.4, -0.2) is 43.8 Å². The number of likely N-dealkylation sites (tertiary alicyclic amines) is 1. The Hall–Kier alpha value is -2.35. The monoisotopic (exact) mass is 443 g/mol. The number of nitrogens with zero attached hydrogens (tertiary/aromatic N) is 4. The number of carbonyl (C=O) groups is 2. The quantitative estimate of drug-likeness (QED) is 0.597. The average Bonchev–Trinajstić information content (AvgIpc) is 3.05. The van der Waals surface area contributed by atoms with Crippen molar-refractivity contribution in [2.45, 2.75) is 77.2 Å². The van der Waals surface area contributed by atoms with E-state index in [9.17, 15) is 9.59 Å². The van der Waals surface area contributed by atoms with Crippen LogP contribution in [0.2, 0.25) is 0 Å². The first kappa shape index (κ1) is 23.3. The number of carbonyl (C=O) groups excluding carboxylic acids is 2. The van der Waals surface area contributed by atoms with Gasteiger partial charge in [-0.1, -0.05) is 49.4 Å². The summed E-state index contributed by atoms with van der Waals surface area (Å²) in [6.07, 6.45) is 4.71. The fourth-order valence-electron chi connectivity index (χ4n) is 3.78. The molecule has 0 bridgehead atoms. The third-order valence-corrected chi connectivity index (χ3v) is 6.68. The molecule has 2 heterocycles. The van der Waals surface area contributed by atoms with Crippen LogP contribution in [0.25, 0.3) is 0 Å². The summed E-state index contributed by atoms with van der Waals surface area (Å²) in [7, 11) is 0. The topological polar surface area (TPSA) is 80.1 Å². The summed E-state index contributed by atoms with van der Waals surface area (Å²) in [4.78, 5) is 26.7. The van der Waals surface area contributed by atoms with Gasteiger partial charge in [0.15, 0.2) is 11.0 Å². The zero-order valence-corrected chi connectivity index (χ0v) is 19.6. The number of hydrogen-bond donors (Lipinski definition) is 1. The van der Waals surface area contributed by atoms with Gasteiger partial charge in [0.05, 0.1) is 18.3 Å². The number of hydrogen-bond acceptors (Lipinski definition) is 5. The van der Waals surface area contributed by atoms with E-state index in [1.54, 1.807) is 0 Å². The summed E-state index contributed by atoms with van der Waals surface area (Å²) >= 11 is 1.38. The highest BCUT2D eigenvalue weighted by Gasteiger charge is 2.21. The third kappa shape index (κ3) is 6.32. The fraction of sp³-hybridized carbons (Fsp3) is 0.565. The summed E-state index contributed by atoms with van der Waals surface area (Å²) in [5.41, 5.74) is 2.38. The minimum atomic E-state index is -0.0485. The highest BCUT2D eigenvalue weighted by atomic mass is 32.2. The molecule has 2 amide bonds. The lowest BCUT2D eigenvalue weighted by Crippen LogP contribution is -2.31. The number of nitrogens with one attached hydrogen (secondary N) is 1. The first-order valence-electron chi connectivity index (χ1n) is 11.2. The maximum absolute atomic E-state index is 12.5. The van der Waals surface area contributed by atoms with Crippen molar-refractivity contribution >= 4 is 23.6 Å². The molecule has 0 radical (unpaired) electrons. The van der Waals surface area contributed by atoms with Crippen LogP contribution in [0, 0.1) is 0 Å². The van der Waals surface area contributed by atoms with Gasteiger partial charge in [0.25, 0.3) is 0 Å². The van der Waals surface area contributed by atoms with E-state index in [1.807, 2.05) is 23.3 Å². The Morgan fingerprint density at radius 1 is 1.16 bits per heavy atom. The standard InChI is InChI=1S/C23H33N5O2S/c1-4-18-10-12-19(13-11-18)17(3)24-21(29)16-31-23-26-25-20(28(23)5-2)15-27-14-8-6-7-9-22(27)30/h10-13,17H,4-9,14-16H2,1-3H3,(H,24,29). The van der Waals surface area contributed by atoms with Crippen molar-refractivity contribution in [3.8, 4) is 0 Å². The van der Waals surface area contributed by atoms with Crippen molar-refractivity contribution in [1.82, 2.24) is 25.0 Å². The van der Waals surface area contributed by atoms with Crippen molar-refractivity contribution in [2.75, 3.05) is 12.3 Å². The van der Waals surface area contributed by atoms with Crippen LogP contribution in [-0.2, 0) is 29.1 Å². The first-order chi connectivity index (χ1) is 15.0. The average molecular weight is 444 g/mol. The van der Waals surface area contributed by atoms with Gasteiger partial charge in [0.2, 0.25) is 11.8 Å². The highest BCUT2D eigenvalue weighted by Crippen LogP contribution is 2.20. The van der Waals surface area contributed by atoms with Gasteiger partial charge in [-0.3, -0.25) is 9.59 Å². The molecule has 1 unspecified atom stereocenters. The number of amides is 2. The van der Waals surface area contributed by atoms with Crippen LogP contribution >= 0.6 is 11.8 Å². The van der Waals surface area contributed by atoms with Crippen LogP contribution in [0.1, 0.15) is 69.4 Å². The van der Waals surface area contributed by atoms with Crippen molar-refractivity contribution in [3.63, 3.8) is 0 Å². The second-order valence-electron chi connectivity index (χ2n) is 7.94. The number of rotatable bonds is 9. The van der Waals surface area contributed by atoms with Gasteiger partial charge in [-0.05, 0) is 44.2 Å². The summed E-state index contributed by atoms with van der Waals surface area (Å²) in [5, 5.41) is 12.4. The molecular weight excluding hydrogens is 410 g/mol. The van der Waals surface area contributed by atoms with E-state index < -0.39 is 0 Å². The molecular formula is C23H33N5O2S. The maximum Gasteiger partial charge on any atom is 0.230 e. The van der Waals surface area contributed by atoms with Gasteiger partial charge >= 0.3 is 0 Å². The molecule has 1 atom stereocenters. The molecule has 1 aliphatic heterocycles. The molecule has 8 heteroatoms. The Bertz CT molecular complexity index is 881. The van der Waals surface area contributed by atoms with E-state index in [4.69, 9.17) is 0 Å². The van der Waals surface area contributed by atoms with E-state index in [1.165, 1.54) is 17.3 Å². The highest BCUT2D eigenvalue weighted by molar-refractivity contribution is 7.99. The molecule has 31 heavy (non-hydrogen) atoms. The van der Waals surface area contributed by atoms with Crippen molar-refractivity contribution < 1.29 is 9.59 Å². The van der Waals surface area contributed by atoms with E-state index >= 15 is 0 Å². The second-order valence-corrected chi connectivity index (χ2v) is 8.88. The smallest absolute Gasteiger partial charge is 0.230 e. The van der Waals surface area contributed by atoms with Crippen LogP contribution < -0.4 is 5.32 Å². The molecule has 1 aromatic carbocycles. The maximum atomic E-state index is 12.5.